The summed E-state index contributed by atoms with van der Waals surface area (Å²) in [6, 6.07) is 9.11. The molecule has 1 rings (SSSR count). The van der Waals surface area contributed by atoms with E-state index < -0.39 is 0 Å². The molecule has 0 nitrogen and oxygen atoms in total. The van der Waals surface area contributed by atoms with Gasteiger partial charge in [0.1, 0.15) is 0 Å². The SMILES string of the molecule is CCC[CH2][Mg][c]1ccccc1CCCC. The van der Waals surface area contributed by atoms with Gasteiger partial charge in [0, 0.05) is 0 Å². The molecule has 0 N–H and O–H groups in total. The predicted molar refractivity (Wildman–Crippen MR) is 70.2 cm³/mol. The van der Waals surface area contributed by atoms with Gasteiger partial charge in [-0.05, 0) is 12.8 Å². The van der Waals surface area contributed by atoms with Gasteiger partial charge in [-0.3, -0.25) is 0 Å². The van der Waals surface area contributed by atoms with Crippen LogP contribution in [0.4, 0.5) is 0 Å². The molecular weight excluding hydrogens is 192 g/mol. The second-order valence-electron chi connectivity index (χ2n) is 4.33. The Kier molecular flexibility index (Phi) is 7.11. The minimum Gasteiger partial charge on any atom is -0.171 e. The molecule has 0 atom stereocenters. The molecule has 0 bridgehead atoms. The zero-order chi connectivity index (χ0) is 10.9. The summed E-state index contributed by atoms with van der Waals surface area (Å²) in [7, 11) is 0. The molecule has 0 aliphatic rings. The van der Waals surface area contributed by atoms with Crippen LogP contribution in [-0.4, -0.2) is 20.4 Å². The summed E-state index contributed by atoms with van der Waals surface area (Å²) >= 11 is 0.0207. The average Bonchev–Trinajstić information content (AvgIpc) is 2.28. The van der Waals surface area contributed by atoms with E-state index >= 15 is 0 Å². The van der Waals surface area contributed by atoms with Crippen LogP contribution in [0.2, 0.25) is 4.55 Å². The largest absolute Gasteiger partial charge is 0.409 e. The summed E-state index contributed by atoms with van der Waals surface area (Å²) in [5, 5.41) is 0. The molecule has 0 aromatic heterocycles. The Bertz CT molecular complexity index is 268. The van der Waals surface area contributed by atoms with E-state index in [2.05, 4.69) is 38.1 Å². The summed E-state index contributed by atoms with van der Waals surface area (Å²) in [6.45, 7) is 4.56. The van der Waals surface area contributed by atoms with Gasteiger partial charge < -0.3 is 0 Å². The van der Waals surface area contributed by atoms with Gasteiger partial charge in [-0.25, -0.2) is 0 Å². The van der Waals surface area contributed by atoms with Crippen molar-refractivity contribution < 1.29 is 0 Å². The number of aryl methyl sites for hydroxylation is 1. The quantitative estimate of drug-likeness (QED) is 0.481. The van der Waals surface area contributed by atoms with Crippen LogP contribution in [0.5, 0.6) is 0 Å². The fraction of sp³-hybridized carbons (Fsp3) is 0.571. The molecule has 0 saturated heterocycles. The van der Waals surface area contributed by atoms with Crippen LogP contribution in [0, 0.1) is 0 Å². The van der Waals surface area contributed by atoms with Crippen molar-refractivity contribution in [3.63, 3.8) is 0 Å². The molecule has 0 fully saturated rings. The Morgan fingerprint density at radius 1 is 1.00 bits per heavy atom. The lowest BCUT2D eigenvalue weighted by atomic mass is 10.1. The van der Waals surface area contributed by atoms with Gasteiger partial charge in [0.05, 0.1) is 0 Å². The van der Waals surface area contributed by atoms with E-state index in [0.717, 1.165) is 0 Å². The molecule has 0 spiro atoms. The topological polar surface area (TPSA) is 0 Å². The van der Waals surface area contributed by atoms with Crippen LogP contribution in [0.3, 0.4) is 0 Å². The molecule has 0 saturated carbocycles. The molecule has 0 amide bonds. The number of benzene rings is 1. The van der Waals surface area contributed by atoms with Crippen molar-refractivity contribution in [2.24, 2.45) is 0 Å². The second-order valence-corrected chi connectivity index (χ2v) is 6.30. The third kappa shape index (κ3) is 5.03. The molecule has 1 aromatic rings. The van der Waals surface area contributed by atoms with Gasteiger partial charge in [-0.15, -0.1) is 4.55 Å². The van der Waals surface area contributed by atoms with Crippen molar-refractivity contribution >= 4 is 24.1 Å². The van der Waals surface area contributed by atoms with E-state index in [0.29, 0.717) is 0 Å². The van der Waals surface area contributed by atoms with E-state index in [9.17, 15) is 0 Å². The molecule has 1 heteroatoms. The van der Waals surface area contributed by atoms with E-state index in [1.54, 1.807) is 9.26 Å². The minimum absolute atomic E-state index is 0.0207. The standard InChI is InChI=1S/C10H13.C4H9.Mg/c1-2-3-7-10-8-5-4-6-9-10;1-3-4-2;/h4-6,8H,2-3,7H2,1H3;1,3-4H2,2H3;. The molecule has 15 heavy (non-hydrogen) atoms. The van der Waals surface area contributed by atoms with Crippen LogP contribution in [0.25, 0.3) is 0 Å². The molecule has 80 valence electrons. The van der Waals surface area contributed by atoms with E-state index in [1.807, 2.05) is 0 Å². The van der Waals surface area contributed by atoms with Crippen LogP contribution < -0.4 is 3.69 Å². The molecule has 0 unspecified atom stereocenters. The first-order valence-corrected chi connectivity index (χ1v) is 8.16. The Morgan fingerprint density at radius 3 is 2.47 bits per heavy atom. The van der Waals surface area contributed by atoms with Crippen molar-refractivity contribution in [2.45, 2.75) is 50.5 Å². The van der Waals surface area contributed by atoms with E-state index in [1.165, 1.54) is 36.7 Å². The highest BCUT2D eigenvalue weighted by Gasteiger charge is 2.03. The number of hydrogen-bond donors (Lipinski definition) is 0. The van der Waals surface area contributed by atoms with Crippen LogP contribution in [0.15, 0.2) is 24.3 Å². The zero-order valence-corrected chi connectivity index (χ0v) is 11.7. The summed E-state index contributed by atoms with van der Waals surface area (Å²) in [5.74, 6) is 0. The van der Waals surface area contributed by atoms with Gasteiger partial charge in [-0.2, -0.15) is 3.69 Å². The van der Waals surface area contributed by atoms with E-state index in [4.69, 9.17) is 0 Å². The fourth-order valence-electron chi connectivity index (χ4n) is 1.98. The highest BCUT2D eigenvalue weighted by Crippen LogP contribution is 2.03. The number of unbranched alkanes of at least 4 members (excludes halogenated alkanes) is 2. The maximum Gasteiger partial charge on any atom is 0.409 e. The number of hydrogen-bond acceptors (Lipinski definition) is 0. The van der Waals surface area contributed by atoms with Crippen molar-refractivity contribution in [1.82, 2.24) is 0 Å². The lowest BCUT2D eigenvalue weighted by Gasteiger charge is -2.08. The summed E-state index contributed by atoms with van der Waals surface area (Å²) in [5.41, 5.74) is 1.64. The van der Waals surface area contributed by atoms with Crippen molar-refractivity contribution in [3.8, 4) is 0 Å². The lowest BCUT2D eigenvalue weighted by Crippen LogP contribution is -2.18. The molecule has 0 heterocycles. The van der Waals surface area contributed by atoms with Gasteiger partial charge in [0.15, 0.2) is 0 Å². The Hall–Kier alpha value is -0.0138. The van der Waals surface area contributed by atoms with Gasteiger partial charge in [-0.1, -0.05) is 62.9 Å². The highest BCUT2D eigenvalue weighted by atomic mass is 24.5. The lowest BCUT2D eigenvalue weighted by molar-refractivity contribution is 0.797. The van der Waals surface area contributed by atoms with Gasteiger partial charge in [0.2, 0.25) is 0 Å². The molecule has 0 aliphatic carbocycles. The molecule has 0 radical (unpaired) electrons. The van der Waals surface area contributed by atoms with Gasteiger partial charge in [0.25, 0.3) is 0 Å². The van der Waals surface area contributed by atoms with Crippen LogP contribution in [0.1, 0.15) is 45.1 Å². The van der Waals surface area contributed by atoms with Crippen LogP contribution >= 0.6 is 0 Å². The Morgan fingerprint density at radius 2 is 1.73 bits per heavy atom. The molecule has 1 aromatic carbocycles. The predicted octanol–water partition coefficient (Wildman–Crippen LogP) is 3.58. The van der Waals surface area contributed by atoms with Crippen molar-refractivity contribution in [2.75, 3.05) is 0 Å². The maximum atomic E-state index is 2.37. The normalized spacial score (nSPS) is 10.0. The summed E-state index contributed by atoms with van der Waals surface area (Å²) in [4.78, 5) is 0. The van der Waals surface area contributed by atoms with Crippen molar-refractivity contribution in [1.29, 1.82) is 0 Å². The highest BCUT2D eigenvalue weighted by molar-refractivity contribution is 6.54. The third-order valence-electron chi connectivity index (χ3n) is 2.97. The second kappa shape index (κ2) is 8.17. The molecule has 0 aliphatic heterocycles. The fourth-order valence-corrected chi connectivity index (χ4v) is 4.03. The average molecular weight is 215 g/mol. The molecular formula is C14H22Mg. The smallest absolute Gasteiger partial charge is 0.171 e. The first-order valence-electron chi connectivity index (χ1n) is 6.45. The van der Waals surface area contributed by atoms with E-state index in [-0.39, 0.29) is 20.4 Å². The van der Waals surface area contributed by atoms with Crippen LogP contribution in [-0.2, 0) is 6.42 Å². The Labute approximate surface area is 104 Å². The first-order chi connectivity index (χ1) is 7.38. The summed E-state index contributed by atoms with van der Waals surface area (Å²) in [6.07, 6.45) is 6.73. The third-order valence-corrected chi connectivity index (χ3v) is 5.05. The maximum absolute atomic E-state index is 2.37. The first kappa shape index (κ1) is 13.1. The Balaban J connectivity index is 2.52. The van der Waals surface area contributed by atoms with Crippen molar-refractivity contribution in [3.05, 3.63) is 29.8 Å². The zero-order valence-electron chi connectivity index (χ0n) is 10.3. The number of rotatable bonds is 7. The monoisotopic (exact) mass is 214 g/mol. The van der Waals surface area contributed by atoms with Gasteiger partial charge >= 0.3 is 20.4 Å². The summed E-state index contributed by atoms with van der Waals surface area (Å²) < 4.78 is 3.21. The minimum atomic E-state index is 0.0207.